The molecule has 0 spiro atoms. The lowest BCUT2D eigenvalue weighted by molar-refractivity contribution is -0.137. The van der Waals surface area contributed by atoms with Crippen LogP contribution in [0.5, 0.6) is 0 Å². The molecule has 1 heterocycles. The van der Waals surface area contributed by atoms with Gasteiger partial charge < -0.3 is 20.3 Å². The fraction of sp³-hybridized carbons (Fsp3) is 0.440. The molecule has 0 bridgehead atoms. The molecule has 0 aromatic heterocycles. The molecule has 6 nitrogen and oxygen atoms in total. The topological polar surface area (TPSA) is 77.4 Å². The van der Waals surface area contributed by atoms with Crippen molar-refractivity contribution in [1.82, 2.24) is 5.32 Å². The maximum absolute atomic E-state index is 13.2. The van der Waals surface area contributed by atoms with E-state index in [4.69, 9.17) is 10.00 Å². The van der Waals surface area contributed by atoms with Gasteiger partial charge in [0.25, 0.3) is 5.91 Å². The summed E-state index contributed by atoms with van der Waals surface area (Å²) in [7, 11) is 0. The number of hydrogen-bond donors (Lipinski definition) is 2. The van der Waals surface area contributed by atoms with Crippen molar-refractivity contribution in [2.24, 2.45) is 0 Å². The van der Waals surface area contributed by atoms with E-state index in [2.05, 4.69) is 15.5 Å². The molecule has 34 heavy (non-hydrogen) atoms. The van der Waals surface area contributed by atoms with Crippen molar-refractivity contribution in [3.8, 4) is 6.07 Å². The predicted molar refractivity (Wildman–Crippen MR) is 123 cm³/mol. The van der Waals surface area contributed by atoms with Crippen molar-refractivity contribution in [2.45, 2.75) is 43.9 Å². The molecular weight excluding hydrogens is 445 g/mol. The summed E-state index contributed by atoms with van der Waals surface area (Å²) in [6, 6.07) is 12.9. The molecule has 2 aromatic carbocycles. The quantitative estimate of drug-likeness (QED) is 0.667. The molecule has 2 aromatic rings. The van der Waals surface area contributed by atoms with Crippen molar-refractivity contribution < 1.29 is 22.7 Å². The number of alkyl halides is 3. The van der Waals surface area contributed by atoms with Gasteiger partial charge in [0.1, 0.15) is 0 Å². The number of halogens is 3. The Morgan fingerprint density at radius 2 is 1.65 bits per heavy atom. The summed E-state index contributed by atoms with van der Waals surface area (Å²) in [5.41, 5.74) is 0.708. The third-order valence-electron chi connectivity index (χ3n) is 6.38. The summed E-state index contributed by atoms with van der Waals surface area (Å²) in [6.07, 6.45) is -1.66. The van der Waals surface area contributed by atoms with E-state index in [9.17, 15) is 18.0 Å². The van der Waals surface area contributed by atoms with Crippen LogP contribution in [-0.2, 0) is 10.9 Å². The number of benzene rings is 2. The van der Waals surface area contributed by atoms with Crippen LogP contribution >= 0.6 is 0 Å². The third-order valence-corrected chi connectivity index (χ3v) is 6.38. The molecule has 2 aliphatic rings. The van der Waals surface area contributed by atoms with E-state index >= 15 is 0 Å². The zero-order valence-electron chi connectivity index (χ0n) is 18.7. The van der Waals surface area contributed by atoms with E-state index in [-0.39, 0.29) is 23.6 Å². The van der Waals surface area contributed by atoms with Gasteiger partial charge in [0.15, 0.2) is 0 Å². The zero-order chi connectivity index (χ0) is 24.1. The Balaban J connectivity index is 1.28. The molecule has 1 amide bonds. The van der Waals surface area contributed by atoms with Crippen molar-refractivity contribution >= 4 is 17.3 Å². The molecule has 1 aliphatic heterocycles. The van der Waals surface area contributed by atoms with Gasteiger partial charge in [-0.1, -0.05) is 0 Å². The summed E-state index contributed by atoms with van der Waals surface area (Å²) in [4.78, 5) is 14.9. The fourth-order valence-corrected chi connectivity index (χ4v) is 4.50. The van der Waals surface area contributed by atoms with Gasteiger partial charge in [0.2, 0.25) is 0 Å². The minimum atomic E-state index is -4.58. The molecule has 1 saturated heterocycles. The van der Waals surface area contributed by atoms with Crippen LogP contribution in [-0.4, -0.2) is 44.3 Å². The van der Waals surface area contributed by atoms with Crippen LogP contribution in [0.25, 0.3) is 0 Å². The second kappa shape index (κ2) is 10.3. The Kier molecular flexibility index (Phi) is 7.27. The monoisotopic (exact) mass is 472 g/mol. The predicted octanol–water partition coefficient (Wildman–Crippen LogP) is 4.57. The Bertz CT molecular complexity index is 1040. The van der Waals surface area contributed by atoms with E-state index in [1.807, 2.05) is 24.3 Å². The van der Waals surface area contributed by atoms with E-state index in [1.54, 1.807) is 6.07 Å². The first kappa shape index (κ1) is 23.9. The SMILES string of the molecule is N#Cc1ccc(N[C@H]2CC[C@@H](NC(=O)c3ccc(N4CCOCC4)cc3)CC2)cc1C(F)(F)F. The number of hydrogen-bond acceptors (Lipinski definition) is 5. The molecular formula is C25H27F3N4O2. The van der Waals surface area contributed by atoms with Crippen molar-refractivity contribution in [2.75, 3.05) is 36.5 Å². The van der Waals surface area contributed by atoms with Crippen molar-refractivity contribution in [3.05, 3.63) is 59.2 Å². The van der Waals surface area contributed by atoms with Gasteiger partial charge in [-0.2, -0.15) is 18.4 Å². The minimum Gasteiger partial charge on any atom is -0.382 e. The summed E-state index contributed by atoms with van der Waals surface area (Å²) in [5.74, 6) is -0.119. The number of anilines is 2. The van der Waals surface area contributed by atoms with E-state index in [0.29, 0.717) is 24.5 Å². The zero-order valence-corrected chi connectivity index (χ0v) is 18.7. The second-order valence-electron chi connectivity index (χ2n) is 8.68. The van der Waals surface area contributed by atoms with Crippen LogP contribution in [0.4, 0.5) is 24.5 Å². The lowest BCUT2D eigenvalue weighted by Gasteiger charge is -2.30. The van der Waals surface area contributed by atoms with E-state index in [1.165, 1.54) is 12.1 Å². The number of rotatable bonds is 5. The molecule has 4 rings (SSSR count). The first-order valence-corrected chi connectivity index (χ1v) is 11.4. The van der Waals surface area contributed by atoms with Gasteiger partial charge in [0, 0.05) is 42.1 Å². The average Bonchev–Trinajstić information content (AvgIpc) is 2.85. The van der Waals surface area contributed by atoms with E-state index < -0.39 is 11.7 Å². The molecule has 1 aliphatic carbocycles. The van der Waals surface area contributed by atoms with Crippen LogP contribution in [0.2, 0.25) is 0 Å². The number of carbonyl (C=O) groups excluding carboxylic acids is 1. The average molecular weight is 473 g/mol. The molecule has 0 atom stereocenters. The Morgan fingerprint density at radius 1 is 1.00 bits per heavy atom. The van der Waals surface area contributed by atoms with Gasteiger partial charge in [-0.15, -0.1) is 0 Å². The highest BCUT2D eigenvalue weighted by atomic mass is 19.4. The van der Waals surface area contributed by atoms with Gasteiger partial charge >= 0.3 is 6.18 Å². The molecule has 9 heteroatoms. The number of amides is 1. The largest absolute Gasteiger partial charge is 0.417 e. The minimum absolute atomic E-state index is 0.00924. The Labute approximate surface area is 196 Å². The highest BCUT2D eigenvalue weighted by Gasteiger charge is 2.34. The van der Waals surface area contributed by atoms with Crippen LogP contribution in [0, 0.1) is 11.3 Å². The van der Waals surface area contributed by atoms with Crippen molar-refractivity contribution in [3.63, 3.8) is 0 Å². The fourth-order valence-electron chi connectivity index (χ4n) is 4.50. The molecule has 2 fully saturated rings. The number of morpholine rings is 1. The maximum atomic E-state index is 13.2. The Morgan fingerprint density at radius 3 is 2.26 bits per heavy atom. The lowest BCUT2D eigenvalue weighted by atomic mass is 9.90. The maximum Gasteiger partial charge on any atom is 0.417 e. The molecule has 180 valence electrons. The number of nitrogens with one attached hydrogen (secondary N) is 2. The Hall–Kier alpha value is -3.25. The van der Waals surface area contributed by atoms with Crippen LogP contribution in [0.15, 0.2) is 42.5 Å². The van der Waals surface area contributed by atoms with E-state index in [0.717, 1.165) is 50.5 Å². The molecule has 0 unspecified atom stereocenters. The summed E-state index contributed by atoms with van der Waals surface area (Å²) in [5, 5.41) is 15.2. The number of carbonyl (C=O) groups is 1. The normalized spacial score (nSPS) is 20.9. The van der Waals surface area contributed by atoms with Gasteiger partial charge in [0.05, 0.1) is 30.4 Å². The standard InChI is InChI=1S/C25H27F3N4O2/c26-25(27,28)23-15-21(4-1-18(23)16-29)30-19-5-7-20(8-6-19)31-24(33)17-2-9-22(10-3-17)32-11-13-34-14-12-32/h1-4,9-10,15,19-20,30H,5-8,11-14H2,(H,31,33)/t19-,20+. The van der Waals surface area contributed by atoms with Crippen molar-refractivity contribution in [1.29, 1.82) is 5.26 Å². The number of nitriles is 1. The highest BCUT2D eigenvalue weighted by Crippen LogP contribution is 2.34. The summed E-state index contributed by atoms with van der Waals surface area (Å²) < 4.78 is 45.0. The summed E-state index contributed by atoms with van der Waals surface area (Å²) in [6.45, 7) is 3.08. The first-order chi connectivity index (χ1) is 16.3. The number of nitrogens with zero attached hydrogens (tertiary/aromatic N) is 2. The molecule has 0 radical (unpaired) electrons. The highest BCUT2D eigenvalue weighted by molar-refractivity contribution is 5.94. The van der Waals surface area contributed by atoms with Gasteiger partial charge in [-0.25, -0.2) is 0 Å². The number of ether oxygens (including phenoxy) is 1. The smallest absolute Gasteiger partial charge is 0.382 e. The van der Waals surface area contributed by atoms with Crippen LogP contribution in [0.1, 0.15) is 47.2 Å². The molecule has 2 N–H and O–H groups in total. The first-order valence-electron chi connectivity index (χ1n) is 11.4. The second-order valence-corrected chi connectivity index (χ2v) is 8.68. The van der Waals surface area contributed by atoms with Gasteiger partial charge in [-0.3, -0.25) is 4.79 Å². The summed E-state index contributed by atoms with van der Waals surface area (Å²) >= 11 is 0. The van der Waals surface area contributed by atoms with Crippen LogP contribution < -0.4 is 15.5 Å². The van der Waals surface area contributed by atoms with Crippen LogP contribution in [0.3, 0.4) is 0 Å². The third kappa shape index (κ3) is 5.81. The lowest BCUT2D eigenvalue weighted by Crippen LogP contribution is -2.40. The van der Waals surface area contributed by atoms with Gasteiger partial charge in [-0.05, 0) is 68.1 Å². The molecule has 1 saturated carbocycles.